The van der Waals surface area contributed by atoms with Crippen LogP contribution in [0, 0.1) is 0 Å². The Morgan fingerprint density at radius 1 is 1.35 bits per heavy atom. The fraction of sp³-hybridized carbons (Fsp3) is 0.833. The molecule has 1 aromatic heterocycles. The largest absolute Gasteiger partial charge is 0.310 e. The molecule has 0 aromatic carbocycles. The van der Waals surface area contributed by atoms with Crippen molar-refractivity contribution in [3.05, 3.63) is 11.6 Å². The SMILES string of the molecule is CCN1CCCC1c1nc2n(n1)C(N)CCC2. The minimum absolute atomic E-state index is 0.0384. The second-order valence-electron chi connectivity index (χ2n) is 5.08. The molecule has 3 rings (SSSR count). The van der Waals surface area contributed by atoms with Gasteiger partial charge in [-0.2, -0.15) is 5.10 Å². The number of fused-ring (bicyclic) bond motifs is 1. The maximum atomic E-state index is 6.07. The van der Waals surface area contributed by atoms with Gasteiger partial charge in [-0.05, 0) is 38.8 Å². The summed E-state index contributed by atoms with van der Waals surface area (Å²) in [6.45, 7) is 4.47. The molecule has 2 aliphatic heterocycles. The van der Waals surface area contributed by atoms with Gasteiger partial charge in [0.25, 0.3) is 0 Å². The van der Waals surface area contributed by atoms with Gasteiger partial charge < -0.3 is 5.73 Å². The van der Waals surface area contributed by atoms with Crippen LogP contribution in [0.5, 0.6) is 0 Å². The number of nitrogens with zero attached hydrogens (tertiary/aromatic N) is 4. The highest BCUT2D eigenvalue weighted by Crippen LogP contribution is 2.31. The molecule has 2 atom stereocenters. The normalized spacial score (nSPS) is 29.5. The highest BCUT2D eigenvalue weighted by Gasteiger charge is 2.30. The second-order valence-corrected chi connectivity index (χ2v) is 5.08. The summed E-state index contributed by atoms with van der Waals surface area (Å²) < 4.78 is 1.95. The summed E-state index contributed by atoms with van der Waals surface area (Å²) in [6.07, 6.45) is 5.68. The van der Waals surface area contributed by atoms with Gasteiger partial charge in [0.2, 0.25) is 0 Å². The lowest BCUT2D eigenvalue weighted by atomic mass is 10.1. The first kappa shape index (κ1) is 11.2. The van der Waals surface area contributed by atoms with Crippen LogP contribution in [0.4, 0.5) is 0 Å². The lowest BCUT2D eigenvalue weighted by Crippen LogP contribution is -2.26. The zero-order chi connectivity index (χ0) is 11.8. The maximum absolute atomic E-state index is 6.07. The Morgan fingerprint density at radius 3 is 3.00 bits per heavy atom. The van der Waals surface area contributed by atoms with Crippen molar-refractivity contribution in [2.45, 2.75) is 51.2 Å². The van der Waals surface area contributed by atoms with E-state index in [0.29, 0.717) is 6.04 Å². The van der Waals surface area contributed by atoms with Crippen molar-refractivity contribution in [2.24, 2.45) is 5.73 Å². The number of hydrogen-bond donors (Lipinski definition) is 1. The third kappa shape index (κ3) is 1.87. The molecule has 0 spiro atoms. The van der Waals surface area contributed by atoms with E-state index in [-0.39, 0.29) is 6.17 Å². The predicted molar refractivity (Wildman–Crippen MR) is 65.4 cm³/mol. The van der Waals surface area contributed by atoms with E-state index in [9.17, 15) is 0 Å². The Morgan fingerprint density at radius 2 is 2.24 bits per heavy atom. The molecule has 2 N–H and O–H groups in total. The Kier molecular flexibility index (Phi) is 2.88. The average Bonchev–Trinajstić information content (AvgIpc) is 2.94. The number of nitrogens with two attached hydrogens (primary N) is 1. The van der Waals surface area contributed by atoms with E-state index in [2.05, 4.69) is 16.9 Å². The zero-order valence-corrected chi connectivity index (χ0v) is 10.5. The second kappa shape index (κ2) is 4.38. The lowest BCUT2D eigenvalue weighted by molar-refractivity contribution is 0.260. The Labute approximate surface area is 102 Å². The van der Waals surface area contributed by atoms with Crippen molar-refractivity contribution >= 4 is 0 Å². The number of aryl methyl sites for hydroxylation is 1. The van der Waals surface area contributed by atoms with E-state index in [1.807, 2.05) is 4.68 Å². The molecule has 5 nitrogen and oxygen atoms in total. The van der Waals surface area contributed by atoms with Gasteiger partial charge in [0.05, 0.1) is 6.04 Å². The van der Waals surface area contributed by atoms with Crippen LogP contribution in [0.1, 0.15) is 56.5 Å². The van der Waals surface area contributed by atoms with E-state index in [4.69, 9.17) is 10.7 Å². The Balaban J connectivity index is 1.89. The van der Waals surface area contributed by atoms with Crippen molar-refractivity contribution < 1.29 is 0 Å². The third-order valence-corrected chi connectivity index (χ3v) is 4.00. The Hall–Kier alpha value is -0.940. The summed E-state index contributed by atoms with van der Waals surface area (Å²) in [5.41, 5.74) is 6.07. The molecule has 94 valence electrons. The summed E-state index contributed by atoms with van der Waals surface area (Å²) in [6, 6.07) is 0.422. The Bertz CT molecular complexity index is 400. The molecule has 0 saturated carbocycles. The average molecular weight is 235 g/mol. The van der Waals surface area contributed by atoms with E-state index in [1.54, 1.807) is 0 Å². The molecular weight excluding hydrogens is 214 g/mol. The summed E-state index contributed by atoms with van der Waals surface area (Å²) >= 11 is 0. The van der Waals surface area contributed by atoms with Crippen LogP contribution in [0.2, 0.25) is 0 Å². The van der Waals surface area contributed by atoms with Crippen LogP contribution in [-0.2, 0) is 6.42 Å². The molecule has 0 bridgehead atoms. The zero-order valence-electron chi connectivity index (χ0n) is 10.5. The minimum atomic E-state index is 0.0384. The molecule has 1 aromatic rings. The standard InChI is InChI=1S/C12H21N5/c1-2-16-8-4-5-9(16)12-14-11-7-3-6-10(13)17(11)15-12/h9-10H,2-8,13H2,1H3. The molecule has 1 fully saturated rings. The fourth-order valence-corrected chi connectivity index (χ4v) is 3.04. The smallest absolute Gasteiger partial charge is 0.168 e. The van der Waals surface area contributed by atoms with Gasteiger partial charge in [-0.15, -0.1) is 0 Å². The van der Waals surface area contributed by atoms with Gasteiger partial charge >= 0.3 is 0 Å². The predicted octanol–water partition coefficient (Wildman–Crippen LogP) is 1.23. The summed E-state index contributed by atoms with van der Waals surface area (Å²) in [5, 5.41) is 4.65. The molecular formula is C12H21N5. The molecule has 2 unspecified atom stereocenters. The van der Waals surface area contributed by atoms with Crippen LogP contribution in [0.3, 0.4) is 0 Å². The van der Waals surface area contributed by atoms with Crippen molar-refractivity contribution in [1.29, 1.82) is 0 Å². The molecule has 17 heavy (non-hydrogen) atoms. The summed E-state index contributed by atoms with van der Waals surface area (Å²) in [5.74, 6) is 2.08. The van der Waals surface area contributed by atoms with Gasteiger partial charge in [0.15, 0.2) is 5.82 Å². The topological polar surface area (TPSA) is 60.0 Å². The highest BCUT2D eigenvalue weighted by molar-refractivity contribution is 5.04. The third-order valence-electron chi connectivity index (χ3n) is 4.00. The molecule has 0 radical (unpaired) electrons. The highest BCUT2D eigenvalue weighted by atomic mass is 15.4. The maximum Gasteiger partial charge on any atom is 0.168 e. The molecule has 2 aliphatic rings. The van der Waals surface area contributed by atoms with E-state index >= 15 is 0 Å². The number of likely N-dealkylation sites (tertiary alicyclic amines) is 1. The number of aromatic nitrogens is 3. The van der Waals surface area contributed by atoms with Crippen molar-refractivity contribution in [3.63, 3.8) is 0 Å². The first-order chi connectivity index (χ1) is 8.29. The van der Waals surface area contributed by atoms with Crippen LogP contribution in [0.25, 0.3) is 0 Å². The quantitative estimate of drug-likeness (QED) is 0.837. The van der Waals surface area contributed by atoms with Crippen LogP contribution >= 0.6 is 0 Å². The molecule has 3 heterocycles. The van der Waals surface area contributed by atoms with Gasteiger partial charge in [-0.25, -0.2) is 9.67 Å². The fourth-order valence-electron chi connectivity index (χ4n) is 3.04. The number of hydrogen-bond acceptors (Lipinski definition) is 4. The molecule has 1 saturated heterocycles. The molecule has 0 aliphatic carbocycles. The lowest BCUT2D eigenvalue weighted by Gasteiger charge is -2.20. The van der Waals surface area contributed by atoms with Gasteiger partial charge in [-0.3, -0.25) is 4.90 Å². The monoisotopic (exact) mass is 235 g/mol. The summed E-state index contributed by atoms with van der Waals surface area (Å²) in [7, 11) is 0. The van der Waals surface area contributed by atoms with Gasteiger partial charge in [-0.1, -0.05) is 6.92 Å². The first-order valence-corrected chi connectivity index (χ1v) is 6.74. The molecule has 5 heteroatoms. The van der Waals surface area contributed by atoms with Crippen molar-refractivity contribution in [3.8, 4) is 0 Å². The molecule has 0 amide bonds. The van der Waals surface area contributed by atoms with E-state index in [0.717, 1.165) is 37.5 Å². The van der Waals surface area contributed by atoms with Crippen molar-refractivity contribution in [1.82, 2.24) is 19.7 Å². The van der Waals surface area contributed by atoms with Gasteiger partial charge in [0, 0.05) is 6.42 Å². The van der Waals surface area contributed by atoms with Crippen LogP contribution in [-0.4, -0.2) is 32.8 Å². The minimum Gasteiger partial charge on any atom is -0.310 e. The van der Waals surface area contributed by atoms with Gasteiger partial charge in [0.1, 0.15) is 12.0 Å². The number of rotatable bonds is 2. The van der Waals surface area contributed by atoms with E-state index in [1.165, 1.54) is 19.4 Å². The van der Waals surface area contributed by atoms with Crippen LogP contribution < -0.4 is 5.73 Å². The first-order valence-electron chi connectivity index (χ1n) is 6.74. The van der Waals surface area contributed by atoms with E-state index < -0.39 is 0 Å². The summed E-state index contributed by atoms with van der Waals surface area (Å²) in [4.78, 5) is 7.18. The van der Waals surface area contributed by atoms with Crippen LogP contribution in [0.15, 0.2) is 0 Å². The van der Waals surface area contributed by atoms with Crippen molar-refractivity contribution in [2.75, 3.05) is 13.1 Å².